The van der Waals surface area contributed by atoms with E-state index in [4.69, 9.17) is 11.0 Å². The second kappa shape index (κ2) is 3.74. The van der Waals surface area contributed by atoms with E-state index in [-0.39, 0.29) is 12.2 Å². The third-order valence-electron chi connectivity index (χ3n) is 1.65. The fraction of sp³-hybridized carbons (Fsp3) is 0.222. The first-order valence-electron chi connectivity index (χ1n) is 3.66. The molecule has 1 aromatic carbocycles. The molecule has 0 aliphatic rings. The van der Waals surface area contributed by atoms with Crippen molar-refractivity contribution in [2.75, 3.05) is 0 Å². The van der Waals surface area contributed by atoms with Crippen molar-refractivity contribution in [3.05, 3.63) is 29.8 Å². The van der Waals surface area contributed by atoms with Gasteiger partial charge in [0.2, 0.25) is 0 Å². The number of para-hydroxylation sites is 1. The first-order chi connectivity index (χ1) is 5.75. The maximum absolute atomic E-state index is 9.32. The van der Waals surface area contributed by atoms with Crippen LogP contribution in [-0.4, -0.2) is 5.11 Å². The van der Waals surface area contributed by atoms with Gasteiger partial charge in [-0.15, -0.1) is 0 Å². The topological polar surface area (TPSA) is 70.0 Å². The lowest BCUT2D eigenvalue weighted by Gasteiger charge is -2.08. The summed E-state index contributed by atoms with van der Waals surface area (Å²) >= 11 is 0. The van der Waals surface area contributed by atoms with Crippen LogP contribution in [0.25, 0.3) is 0 Å². The summed E-state index contributed by atoms with van der Waals surface area (Å²) < 4.78 is 0. The lowest BCUT2D eigenvalue weighted by Crippen LogP contribution is -2.09. The van der Waals surface area contributed by atoms with Crippen molar-refractivity contribution in [3.8, 4) is 11.8 Å². The van der Waals surface area contributed by atoms with Gasteiger partial charge in [-0.25, -0.2) is 0 Å². The molecule has 0 fully saturated rings. The van der Waals surface area contributed by atoms with Gasteiger partial charge in [0, 0.05) is 11.6 Å². The van der Waals surface area contributed by atoms with Gasteiger partial charge in [-0.05, 0) is 6.07 Å². The molecule has 0 aliphatic carbocycles. The number of nitrogens with zero attached hydrogens (tertiary/aromatic N) is 1. The SMILES string of the molecule is N#CC[C@@H](N)c1ccccc1O. The van der Waals surface area contributed by atoms with E-state index < -0.39 is 6.04 Å². The van der Waals surface area contributed by atoms with E-state index in [1.165, 1.54) is 0 Å². The first-order valence-corrected chi connectivity index (χ1v) is 3.66. The van der Waals surface area contributed by atoms with Crippen LogP contribution in [0.3, 0.4) is 0 Å². The Balaban J connectivity index is 2.88. The lowest BCUT2D eigenvalue weighted by atomic mass is 10.0. The zero-order chi connectivity index (χ0) is 8.97. The highest BCUT2D eigenvalue weighted by atomic mass is 16.3. The number of nitrogens with two attached hydrogens (primary N) is 1. The molecule has 0 bridgehead atoms. The van der Waals surface area contributed by atoms with Crippen molar-refractivity contribution in [3.63, 3.8) is 0 Å². The Morgan fingerprint density at radius 3 is 2.75 bits per heavy atom. The summed E-state index contributed by atoms with van der Waals surface area (Å²) in [4.78, 5) is 0. The van der Waals surface area contributed by atoms with Gasteiger partial charge in [0.05, 0.1) is 12.5 Å². The fourth-order valence-corrected chi connectivity index (χ4v) is 1.01. The van der Waals surface area contributed by atoms with E-state index in [2.05, 4.69) is 0 Å². The highest BCUT2D eigenvalue weighted by Gasteiger charge is 2.08. The molecule has 1 aromatic rings. The standard InChI is InChI=1S/C9H10N2O/c10-6-5-8(11)7-3-1-2-4-9(7)12/h1-4,8,12H,5,11H2/t8-/m1/s1. The zero-order valence-electron chi connectivity index (χ0n) is 6.57. The molecule has 1 rings (SSSR count). The molecular formula is C9H10N2O. The van der Waals surface area contributed by atoms with Gasteiger partial charge in [0.1, 0.15) is 5.75 Å². The van der Waals surface area contributed by atoms with Gasteiger partial charge in [0.15, 0.2) is 0 Å². The summed E-state index contributed by atoms with van der Waals surface area (Å²) in [6, 6.07) is 8.35. The van der Waals surface area contributed by atoms with E-state index >= 15 is 0 Å². The maximum atomic E-state index is 9.32. The van der Waals surface area contributed by atoms with Gasteiger partial charge >= 0.3 is 0 Å². The molecule has 0 unspecified atom stereocenters. The van der Waals surface area contributed by atoms with Gasteiger partial charge < -0.3 is 10.8 Å². The van der Waals surface area contributed by atoms with Crippen LogP contribution in [-0.2, 0) is 0 Å². The summed E-state index contributed by atoms with van der Waals surface area (Å²) in [6.07, 6.45) is 0.220. The Morgan fingerprint density at radius 2 is 2.17 bits per heavy atom. The number of phenolic OH excluding ortho intramolecular Hbond substituents is 1. The third-order valence-corrected chi connectivity index (χ3v) is 1.65. The van der Waals surface area contributed by atoms with Crippen LogP contribution in [0.5, 0.6) is 5.75 Å². The molecule has 0 aromatic heterocycles. The summed E-state index contributed by atoms with van der Waals surface area (Å²) in [5.74, 6) is 0.153. The van der Waals surface area contributed by atoms with E-state index in [1.54, 1.807) is 24.3 Å². The molecule has 0 aliphatic heterocycles. The van der Waals surface area contributed by atoms with Crippen molar-refractivity contribution in [1.29, 1.82) is 5.26 Å². The molecule has 3 N–H and O–H groups in total. The molecule has 12 heavy (non-hydrogen) atoms. The zero-order valence-corrected chi connectivity index (χ0v) is 6.57. The number of nitriles is 1. The molecule has 0 spiro atoms. The van der Waals surface area contributed by atoms with Gasteiger partial charge in [-0.3, -0.25) is 0 Å². The van der Waals surface area contributed by atoms with E-state index in [9.17, 15) is 5.11 Å². The average molecular weight is 162 g/mol. The molecule has 3 heteroatoms. The normalized spacial score (nSPS) is 12.0. The summed E-state index contributed by atoms with van der Waals surface area (Å²) in [5.41, 5.74) is 6.25. The van der Waals surface area contributed by atoms with Crippen LogP contribution in [0, 0.1) is 11.3 Å². The van der Waals surface area contributed by atoms with Crippen molar-refractivity contribution in [1.82, 2.24) is 0 Å². The number of hydrogen-bond acceptors (Lipinski definition) is 3. The smallest absolute Gasteiger partial charge is 0.120 e. The second-order valence-corrected chi connectivity index (χ2v) is 2.53. The minimum atomic E-state index is -0.392. The lowest BCUT2D eigenvalue weighted by molar-refractivity contribution is 0.462. The Labute approximate surface area is 71.1 Å². The summed E-state index contributed by atoms with van der Waals surface area (Å²) in [7, 11) is 0. The molecule has 0 amide bonds. The molecule has 3 nitrogen and oxygen atoms in total. The molecule has 62 valence electrons. The van der Waals surface area contributed by atoms with Gasteiger partial charge in [0.25, 0.3) is 0 Å². The van der Waals surface area contributed by atoms with Gasteiger partial charge in [-0.1, -0.05) is 18.2 Å². The Kier molecular flexibility index (Phi) is 2.67. The van der Waals surface area contributed by atoms with Crippen LogP contribution in [0.4, 0.5) is 0 Å². The monoisotopic (exact) mass is 162 g/mol. The Hall–Kier alpha value is -1.53. The minimum absolute atomic E-state index is 0.153. The van der Waals surface area contributed by atoms with E-state index in [1.807, 2.05) is 6.07 Å². The number of hydrogen-bond donors (Lipinski definition) is 2. The van der Waals surface area contributed by atoms with Crippen molar-refractivity contribution in [2.45, 2.75) is 12.5 Å². The molecule has 0 saturated carbocycles. The maximum Gasteiger partial charge on any atom is 0.120 e. The van der Waals surface area contributed by atoms with Crippen LogP contribution in [0.15, 0.2) is 24.3 Å². The van der Waals surface area contributed by atoms with Crippen LogP contribution in [0.2, 0.25) is 0 Å². The molecule has 1 atom stereocenters. The molecular weight excluding hydrogens is 152 g/mol. The average Bonchev–Trinajstić information content (AvgIpc) is 2.05. The predicted octanol–water partition coefficient (Wildman–Crippen LogP) is 1.31. The second-order valence-electron chi connectivity index (χ2n) is 2.53. The third kappa shape index (κ3) is 1.74. The van der Waals surface area contributed by atoms with Gasteiger partial charge in [-0.2, -0.15) is 5.26 Å². The molecule has 0 heterocycles. The largest absolute Gasteiger partial charge is 0.508 e. The van der Waals surface area contributed by atoms with Crippen LogP contribution < -0.4 is 5.73 Å². The Bertz CT molecular complexity index is 304. The highest BCUT2D eigenvalue weighted by molar-refractivity contribution is 5.34. The predicted molar refractivity (Wildman–Crippen MR) is 45.3 cm³/mol. The first kappa shape index (κ1) is 8.57. The van der Waals surface area contributed by atoms with E-state index in [0.717, 1.165) is 0 Å². The number of benzene rings is 1. The summed E-state index contributed by atoms with van der Waals surface area (Å²) in [5, 5.41) is 17.7. The quantitative estimate of drug-likeness (QED) is 0.688. The van der Waals surface area contributed by atoms with Crippen LogP contribution in [0.1, 0.15) is 18.0 Å². The minimum Gasteiger partial charge on any atom is -0.508 e. The summed E-state index contributed by atoms with van der Waals surface area (Å²) in [6.45, 7) is 0. The van der Waals surface area contributed by atoms with Crippen molar-refractivity contribution < 1.29 is 5.11 Å². The highest BCUT2D eigenvalue weighted by Crippen LogP contribution is 2.23. The van der Waals surface area contributed by atoms with Crippen LogP contribution >= 0.6 is 0 Å². The van der Waals surface area contributed by atoms with E-state index in [0.29, 0.717) is 5.56 Å². The van der Waals surface area contributed by atoms with Crippen molar-refractivity contribution in [2.24, 2.45) is 5.73 Å². The molecule has 0 saturated heterocycles. The number of phenols is 1. The Morgan fingerprint density at radius 1 is 1.50 bits per heavy atom. The number of aromatic hydroxyl groups is 1. The van der Waals surface area contributed by atoms with Crippen molar-refractivity contribution >= 4 is 0 Å². The fourth-order valence-electron chi connectivity index (χ4n) is 1.01. The molecule has 0 radical (unpaired) electrons. The number of rotatable bonds is 2.